The average molecular weight is 222 g/mol. The Morgan fingerprint density at radius 1 is 1.00 bits per heavy atom. The van der Waals surface area contributed by atoms with Crippen LogP contribution in [0.1, 0.15) is 12.5 Å². The van der Waals surface area contributed by atoms with Crippen molar-refractivity contribution in [3.63, 3.8) is 0 Å². The van der Waals surface area contributed by atoms with Gasteiger partial charge in [-0.2, -0.15) is 0 Å². The molecule has 0 fully saturated rings. The standard InChI is InChI=1S/C12H22Si2/c1-6-10-8-7-9-11(13(2)3)12(10)14(4)5/h7-9,13-14H,6H2,1-5H3. The first-order chi connectivity index (χ1) is 6.57. The molecule has 0 aliphatic carbocycles. The minimum Gasteiger partial charge on any atom is -0.0682 e. The second kappa shape index (κ2) is 4.94. The zero-order valence-corrected chi connectivity index (χ0v) is 12.4. The summed E-state index contributed by atoms with van der Waals surface area (Å²) in [7, 11) is -1.28. The maximum Gasteiger partial charge on any atom is 0.0649 e. The third-order valence-corrected chi connectivity index (χ3v) is 6.75. The number of hydrogen-bond donors (Lipinski definition) is 0. The van der Waals surface area contributed by atoms with E-state index in [1.807, 2.05) is 0 Å². The van der Waals surface area contributed by atoms with Crippen molar-refractivity contribution >= 4 is 28.0 Å². The van der Waals surface area contributed by atoms with Crippen LogP contribution >= 0.6 is 0 Å². The molecule has 0 bridgehead atoms. The molecule has 2 heteroatoms. The van der Waals surface area contributed by atoms with Crippen molar-refractivity contribution in [2.75, 3.05) is 0 Å². The van der Waals surface area contributed by atoms with Crippen LogP contribution in [0.4, 0.5) is 0 Å². The first-order valence-corrected chi connectivity index (χ1v) is 11.5. The quantitative estimate of drug-likeness (QED) is 0.682. The summed E-state index contributed by atoms with van der Waals surface area (Å²) in [6, 6.07) is 6.95. The van der Waals surface area contributed by atoms with Crippen molar-refractivity contribution in [2.45, 2.75) is 39.5 Å². The summed E-state index contributed by atoms with van der Waals surface area (Å²) in [4.78, 5) is 0. The molecule has 78 valence electrons. The number of benzene rings is 1. The van der Waals surface area contributed by atoms with Crippen LogP contribution < -0.4 is 10.4 Å². The smallest absolute Gasteiger partial charge is 0.0649 e. The second-order valence-corrected chi connectivity index (χ2v) is 10.4. The molecule has 0 spiro atoms. The summed E-state index contributed by atoms with van der Waals surface area (Å²) in [5.41, 5.74) is 1.62. The SMILES string of the molecule is CCc1cccc([SiH](C)C)c1[SiH](C)C. The summed E-state index contributed by atoms with van der Waals surface area (Å²) in [6.07, 6.45) is 1.20. The van der Waals surface area contributed by atoms with Crippen LogP contribution in [0.25, 0.3) is 0 Å². The molecule has 0 radical (unpaired) electrons. The number of hydrogen-bond acceptors (Lipinski definition) is 0. The molecule has 0 nitrogen and oxygen atoms in total. The maximum absolute atomic E-state index is 2.45. The normalized spacial score (nSPS) is 11.4. The van der Waals surface area contributed by atoms with Crippen LogP contribution in [-0.2, 0) is 6.42 Å². The van der Waals surface area contributed by atoms with Crippen molar-refractivity contribution in [1.29, 1.82) is 0 Å². The van der Waals surface area contributed by atoms with Crippen LogP contribution in [0.2, 0.25) is 26.2 Å². The highest BCUT2D eigenvalue weighted by Gasteiger charge is 2.13. The van der Waals surface area contributed by atoms with Gasteiger partial charge < -0.3 is 0 Å². The molecule has 1 rings (SSSR count). The van der Waals surface area contributed by atoms with Crippen LogP contribution in [0, 0.1) is 0 Å². The van der Waals surface area contributed by atoms with E-state index in [0.717, 1.165) is 0 Å². The molecule has 0 aliphatic rings. The molecular weight excluding hydrogens is 200 g/mol. The van der Waals surface area contributed by atoms with E-state index in [1.165, 1.54) is 6.42 Å². The Labute approximate surface area is 91.6 Å². The Morgan fingerprint density at radius 2 is 1.64 bits per heavy atom. The van der Waals surface area contributed by atoms with E-state index in [1.54, 1.807) is 15.9 Å². The fourth-order valence-electron chi connectivity index (χ4n) is 2.15. The van der Waals surface area contributed by atoms with E-state index in [0.29, 0.717) is 0 Å². The topological polar surface area (TPSA) is 0 Å². The van der Waals surface area contributed by atoms with Crippen molar-refractivity contribution < 1.29 is 0 Å². The fourth-order valence-corrected chi connectivity index (χ4v) is 7.26. The Morgan fingerprint density at radius 3 is 2.07 bits per heavy atom. The Hall–Kier alpha value is -0.346. The third kappa shape index (κ3) is 2.36. The lowest BCUT2D eigenvalue weighted by Crippen LogP contribution is -2.46. The summed E-state index contributed by atoms with van der Waals surface area (Å²) in [6.45, 7) is 12.1. The van der Waals surface area contributed by atoms with Gasteiger partial charge in [-0.3, -0.25) is 0 Å². The zero-order chi connectivity index (χ0) is 10.7. The monoisotopic (exact) mass is 222 g/mol. The average Bonchev–Trinajstić information content (AvgIpc) is 2.16. The van der Waals surface area contributed by atoms with Gasteiger partial charge in [0.15, 0.2) is 0 Å². The zero-order valence-electron chi connectivity index (χ0n) is 10.1. The van der Waals surface area contributed by atoms with Gasteiger partial charge >= 0.3 is 0 Å². The minimum atomic E-state index is -0.647. The molecule has 0 saturated carbocycles. The molecule has 0 atom stereocenters. The third-order valence-electron chi connectivity index (χ3n) is 2.81. The van der Waals surface area contributed by atoms with Crippen LogP contribution in [0.15, 0.2) is 18.2 Å². The Kier molecular flexibility index (Phi) is 4.14. The first-order valence-electron chi connectivity index (χ1n) is 5.69. The van der Waals surface area contributed by atoms with Crippen LogP contribution in [0.3, 0.4) is 0 Å². The molecule has 0 saturated heterocycles. The number of aryl methyl sites for hydroxylation is 1. The fraction of sp³-hybridized carbons (Fsp3) is 0.500. The molecule has 1 aromatic rings. The number of rotatable bonds is 3. The van der Waals surface area contributed by atoms with E-state index < -0.39 is 17.6 Å². The van der Waals surface area contributed by atoms with Gasteiger partial charge in [0.1, 0.15) is 0 Å². The van der Waals surface area contributed by atoms with E-state index >= 15 is 0 Å². The summed E-state index contributed by atoms with van der Waals surface area (Å²) in [5, 5.41) is 3.50. The van der Waals surface area contributed by atoms with Crippen molar-refractivity contribution in [3.8, 4) is 0 Å². The highest BCUT2D eigenvalue weighted by Crippen LogP contribution is 1.99. The van der Waals surface area contributed by atoms with E-state index in [9.17, 15) is 0 Å². The summed E-state index contributed by atoms with van der Waals surface area (Å²) < 4.78 is 0. The summed E-state index contributed by atoms with van der Waals surface area (Å²) >= 11 is 0. The first kappa shape index (κ1) is 11.7. The van der Waals surface area contributed by atoms with E-state index in [2.05, 4.69) is 51.3 Å². The van der Waals surface area contributed by atoms with Gasteiger partial charge in [0.25, 0.3) is 0 Å². The van der Waals surface area contributed by atoms with Crippen molar-refractivity contribution in [1.82, 2.24) is 0 Å². The lowest BCUT2D eigenvalue weighted by Gasteiger charge is -2.18. The van der Waals surface area contributed by atoms with Gasteiger partial charge in [-0.1, -0.05) is 61.7 Å². The molecule has 1 aromatic carbocycles. The molecular formula is C12H22Si2. The Balaban J connectivity index is 3.28. The van der Waals surface area contributed by atoms with Crippen molar-refractivity contribution in [3.05, 3.63) is 23.8 Å². The van der Waals surface area contributed by atoms with Gasteiger partial charge in [0.05, 0.1) is 17.6 Å². The molecule has 0 amide bonds. The van der Waals surface area contributed by atoms with Crippen molar-refractivity contribution in [2.24, 2.45) is 0 Å². The van der Waals surface area contributed by atoms with Gasteiger partial charge in [0.2, 0.25) is 0 Å². The predicted molar refractivity (Wildman–Crippen MR) is 72.8 cm³/mol. The highest BCUT2D eigenvalue weighted by atomic mass is 28.3. The minimum absolute atomic E-state index is 0.632. The largest absolute Gasteiger partial charge is 0.0682 e. The lowest BCUT2D eigenvalue weighted by atomic mass is 10.2. The lowest BCUT2D eigenvalue weighted by molar-refractivity contribution is 1.15. The molecule has 0 aromatic heterocycles. The molecule has 0 N–H and O–H groups in total. The van der Waals surface area contributed by atoms with E-state index in [-0.39, 0.29) is 0 Å². The van der Waals surface area contributed by atoms with Gasteiger partial charge in [-0.25, -0.2) is 0 Å². The molecule has 14 heavy (non-hydrogen) atoms. The van der Waals surface area contributed by atoms with Gasteiger partial charge in [-0.15, -0.1) is 0 Å². The highest BCUT2D eigenvalue weighted by molar-refractivity contribution is 6.82. The van der Waals surface area contributed by atoms with E-state index in [4.69, 9.17) is 0 Å². The van der Waals surface area contributed by atoms with Crippen LogP contribution in [0.5, 0.6) is 0 Å². The molecule has 0 unspecified atom stereocenters. The predicted octanol–water partition coefficient (Wildman–Crippen LogP) is 1.64. The van der Waals surface area contributed by atoms with Crippen LogP contribution in [-0.4, -0.2) is 17.6 Å². The van der Waals surface area contributed by atoms with Gasteiger partial charge in [-0.05, 0) is 12.0 Å². The molecule has 0 aliphatic heterocycles. The summed E-state index contributed by atoms with van der Waals surface area (Å²) in [5.74, 6) is 0. The Bertz CT molecular complexity index is 303. The maximum atomic E-state index is 2.45. The van der Waals surface area contributed by atoms with Gasteiger partial charge in [0, 0.05) is 0 Å². The second-order valence-electron chi connectivity index (χ2n) is 4.58. The molecule has 0 heterocycles.